The van der Waals surface area contributed by atoms with Gasteiger partial charge in [0, 0.05) is 5.92 Å². The average Bonchev–Trinajstić information content (AvgIpc) is 3.80. The summed E-state index contributed by atoms with van der Waals surface area (Å²) in [6, 6.07) is 0. The first-order valence-electron chi connectivity index (χ1n) is 14.7. The first-order chi connectivity index (χ1) is 23.6. The Hall–Kier alpha value is -3.05. The zero-order valence-corrected chi connectivity index (χ0v) is 29.3. The normalized spacial score (nSPS) is 35.1. The van der Waals surface area contributed by atoms with E-state index >= 15 is 8.78 Å². The van der Waals surface area contributed by atoms with Crippen LogP contribution in [0, 0.1) is 5.92 Å². The van der Waals surface area contributed by atoms with Crippen molar-refractivity contribution in [3.05, 3.63) is 29.3 Å². The quantitative estimate of drug-likeness (QED) is 0.147. The van der Waals surface area contributed by atoms with Crippen molar-refractivity contribution in [3.63, 3.8) is 0 Å². The number of halogens is 2. The molecule has 0 bridgehead atoms. The molecule has 0 aliphatic carbocycles. The number of aromatic nitrogens is 8. The number of thiol groups is 2. The molecule has 3 aliphatic rings. The van der Waals surface area contributed by atoms with Crippen molar-refractivity contribution in [1.29, 1.82) is 0 Å². The van der Waals surface area contributed by atoms with E-state index in [4.69, 9.17) is 33.3 Å². The van der Waals surface area contributed by atoms with Gasteiger partial charge in [0.15, 0.2) is 47.4 Å². The van der Waals surface area contributed by atoms with Crippen LogP contribution in [-0.4, -0.2) is 94.9 Å². The van der Waals surface area contributed by atoms with Crippen LogP contribution < -0.4 is 16.6 Å². The zero-order chi connectivity index (χ0) is 35.7. The first-order valence-corrected chi connectivity index (χ1v) is 20.1. The van der Waals surface area contributed by atoms with Crippen molar-refractivity contribution in [2.45, 2.75) is 63.1 Å². The second-order valence-corrected chi connectivity index (χ2v) is 17.4. The monoisotopic (exact) mass is 780 g/mol. The number of nitrogens with zero attached hydrogens (tertiary/aromatic N) is 7. The maximum Gasteiger partial charge on any atom is 0.386 e. The van der Waals surface area contributed by atoms with E-state index in [0.29, 0.717) is 0 Å². The topological polar surface area (TPSA) is 252 Å². The molecule has 0 aromatic carbocycles. The number of carbonyl (C=O) groups is 1. The predicted molar refractivity (Wildman–Crippen MR) is 174 cm³/mol. The predicted octanol–water partition coefficient (Wildman–Crippen LogP) is 2.50. The molecule has 4 aromatic rings. The molecule has 0 radical (unpaired) electrons. The maximum atomic E-state index is 16.3. The lowest BCUT2D eigenvalue weighted by atomic mass is 10.1. The molecule has 0 saturated carbocycles. The lowest BCUT2D eigenvalue weighted by molar-refractivity contribution is -0.118. The molecule has 270 valence electrons. The van der Waals surface area contributed by atoms with Gasteiger partial charge >= 0.3 is 13.6 Å². The molecule has 3 saturated heterocycles. The Kier molecular flexibility index (Phi) is 9.32. The van der Waals surface area contributed by atoms with Gasteiger partial charge in [-0.2, -0.15) is 4.98 Å². The van der Waals surface area contributed by atoms with E-state index in [2.05, 4.69) is 59.7 Å². The van der Waals surface area contributed by atoms with Crippen molar-refractivity contribution in [2.75, 3.05) is 24.3 Å². The Morgan fingerprint density at radius 1 is 0.940 bits per heavy atom. The van der Waals surface area contributed by atoms with Crippen LogP contribution in [0.15, 0.2) is 23.8 Å². The first kappa shape index (κ1) is 35.4. The fourth-order valence-electron chi connectivity index (χ4n) is 5.55. The van der Waals surface area contributed by atoms with Crippen molar-refractivity contribution >= 4 is 78.1 Å². The number of hydrogen-bond acceptors (Lipinski definition) is 16. The second kappa shape index (κ2) is 13.2. The maximum absolute atomic E-state index is 16.3. The summed E-state index contributed by atoms with van der Waals surface area (Å²) in [5.74, 6) is -1.11. The number of rotatable bonds is 4. The van der Waals surface area contributed by atoms with E-state index in [9.17, 15) is 18.7 Å². The van der Waals surface area contributed by atoms with E-state index in [1.54, 1.807) is 13.8 Å². The molecule has 0 spiro atoms. The zero-order valence-electron chi connectivity index (χ0n) is 25.7. The molecular formula is C24H28F2N10O10P2S2. The summed E-state index contributed by atoms with van der Waals surface area (Å²) in [5.41, 5.74) is 4.99. The molecule has 3 fully saturated rings. The molecule has 20 nitrogen and oxygen atoms in total. The smallest absolute Gasteiger partial charge is 0.382 e. The van der Waals surface area contributed by atoms with Crippen molar-refractivity contribution in [1.82, 2.24) is 39.0 Å². The lowest BCUT2D eigenvalue weighted by Crippen LogP contribution is -2.36. The van der Waals surface area contributed by atoms with Gasteiger partial charge in [0.2, 0.25) is 11.9 Å². The van der Waals surface area contributed by atoms with Gasteiger partial charge in [-0.15, -0.1) is 0 Å². The number of hydrogen-bond donors (Lipinski definition) is 5. The Balaban J connectivity index is 1.15. The Morgan fingerprint density at radius 2 is 1.48 bits per heavy atom. The van der Waals surface area contributed by atoms with Crippen LogP contribution in [-0.2, 0) is 41.5 Å². The standard InChI is InChI=1S/C24H28F2N10O10P2S2/c1-8(2)20(37)33-24-32-19-14(21(38)34-24)31-7-36(19)23-12(26)16-10(44-23)4-42-47(39,49)45-15-9(3-41-48(40,50)46-16)43-22(11(15)25)35-6-30-13-17(27)28-5-29-18(13)35/h5-12,15-16,22-23H,3-4H2,1-2H3,(H,39,49)(H,40,50)(H2,27,28,29)(H2,32,33,34,37,38)/t9-,10-,11-,12-,15-,16-,22-,23-,47?,48-/m1/s1. The third kappa shape index (κ3) is 6.57. The third-order valence-electron chi connectivity index (χ3n) is 7.98. The largest absolute Gasteiger partial charge is 0.386 e. The van der Waals surface area contributed by atoms with Crippen LogP contribution in [0.4, 0.5) is 20.5 Å². The molecule has 1 amide bonds. The average molecular weight is 781 g/mol. The Bertz CT molecular complexity index is 2120. The molecule has 7 rings (SSSR count). The number of anilines is 2. The van der Waals surface area contributed by atoms with Gasteiger partial charge in [0.25, 0.3) is 5.56 Å². The highest BCUT2D eigenvalue weighted by molar-refractivity contribution is 8.44. The number of alkyl halides is 2. The number of H-pyrrole nitrogens is 1. The lowest BCUT2D eigenvalue weighted by Gasteiger charge is -2.28. The highest BCUT2D eigenvalue weighted by Crippen LogP contribution is 2.60. The number of ether oxygens (including phenoxy) is 2. The SMILES string of the molecule is CC(C)C(=O)Nc1nc2c(ncn2[C@@H]2O[C@@H]3COP(=O)(S)O[C@H]4[C@@H](F)[C@H](n5cnc6c(N)ncnc65)O[C@@H]4CO[P@@](=O)(S)O[C@H]3[C@H]2F)c(=O)[nH]1. The minimum absolute atomic E-state index is 0.0295. The molecule has 7 heterocycles. The van der Waals surface area contributed by atoms with E-state index in [-0.39, 0.29) is 34.1 Å². The van der Waals surface area contributed by atoms with Crippen LogP contribution in [0.3, 0.4) is 0 Å². The van der Waals surface area contributed by atoms with Gasteiger partial charge in [0.05, 0.1) is 25.9 Å². The fraction of sp³-hybridized carbons (Fsp3) is 0.542. The number of carbonyl (C=O) groups excluding carboxylic acids is 1. The fourth-order valence-corrected chi connectivity index (χ4v) is 8.51. The van der Waals surface area contributed by atoms with Crippen molar-refractivity contribution in [3.8, 4) is 0 Å². The summed E-state index contributed by atoms with van der Waals surface area (Å²) < 4.78 is 95.0. The second-order valence-electron chi connectivity index (χ2n) is 11.7. The van der Waals surface area contributed by atoms with Crippen molar-refractivity contribution in [2.24, 2.45) is 5.92 Å². The van der Waals surface area contributed by atoms with Gasteiger partial charge in [0.1, 0.15) is 36.3 Å². The summed E-state index contributed by atoms with van der Waals surface area (Å²) in [6.45, 7) is -7.17. The number of nitrogen functional groups attached to an aromatic ring is 1. The summed E-state index contributed by atoms with van der Waals surface area (Å²) in [6.07, 6.45) is -10.3. The molecule has 26 heteroatoms. The van der Waals surface area contributed by atoms with E-state index in [1.807, 2.05) is 0 Å². The molecule has 50 heavy (non-hydrogen) atoms. The minimum Gasteiger partial charge on any atom is -0.382 e. The highest BCUT2D eigenvalue weighted by atomic mass is 32.7. The number of fused-ring (bicyclic) bond motifs is 4. The van der Waals surface area contributed by atoms with Crippen molar-refractivity contribution < 1.29 is 50.3 Å². The molecule has 3 aliphatic heterocycles. The summed E-state index contributed by atoms with van der Waals surface area (Å²) in [4.78, 5) is 47.5. The summed E-state index contributed by atoms with van der Waals surface area (Å²) >= 11 is 7.99. The Labute approximate surface area is 289 Å². The van der Waals surface area contributed by atoms with E-state index < -0.39 is 93.4 Å². The van der Waals surface area contributed by atoms with Gasteiger partial charge in [-0.3, -0.25) is 47.1 Å². The van der Waals surface area contributed by atoms with E-state index in [1.165, 1.54) is 10.9 Å². The van der Waals surface area contributed by atoms with Gasteiger partial charge in [-0.1, -0.05) is 38.3 Å². The number of aromatic amines is 1. The van der Waals surface area contributed by atoms with Crippen LogP contribution in [0.5, 0.6) is 0 Å². The number of amides is 1. The summed E-state index contributed by atoms with van der Waals surface area (Å²) in [5, 5.41) is 2.45. The molecule has 1 unspecified atom stereocenters. The molecule has 4 aromatic heterocycles. The molecule has 4 N–H and O–H groups in total. The minimum atomic E-state index is -4.49. The number of imidazole rings is 2. The molecular weight excluding hydrogens is 752 g/mol. The number of nitrogens with one attached hydrogen (secondary N) is 2. The van der Waals surface area contributed by atoms with Crippen LogP contribution in [0.1, 0.15) is 26.3 Å². The van der Waals surface area contributed by atoms with Gasteiger partial charge in [-0.05, 0) is 0 Å². The van der Waals surface area contributed by atoms with Crippen LogP contribution in [0.25, 0.3) is 22.3 Å². The summed E-state index contributed by atoms with van der Waals surface area (Å²) in [7, 11) is 0. The molecule has 10 atom stereocenters. The third-order valence-corrected chi connectivity index (χ3v) is 11.2. The van der Waals surface area contributed by atoms with Gasteiger partial charge < -0.3 is 15.2 Å². The van der Waals surface area contributed by atoms with E-state index in [0.717, 1.165) is 17.2 Å². The van der Waals surface area contributed by atoms with Gasteiger partial charge in [-0.25, -0.2) is 37.8 Å². The van der Waals surface area contributed by atoms with Crippen LogP contribution in [0.2, 0.25) is 0 Å². The van der Waals surface area contributed by atoms with Crippen LogP contribution >= 0.6 is 38.1 Å². The highest BCUT2D eigenvalue weighted by Gasteiger charge is 2.54. The number of nitrogens with two attached hydrogens (primary N) is 1. The Morgan fingerprint density at radius 3 is 2.04 bits per heavy atom.